The van der Waals surface area contributed by atoms with Gasteiger partial charge >= 0.3 is 0 Å². The fraction of sp³-hybridized carbons (Fsp3) is 0.895. The van der Waals surface area contributed by atoms with E-state index in [1.807, 2.05) is 6.92 Å². The van der Waals surface area contributed by atoms with Crippen molar-refractivity contribution in [2.45, 2.75) is 70.7 Å². The van der Waals surface area contributed by atoms with Crippen molar-refractivity contribution in [3.05, 3.63) is 12.2 Å². The molecule has 2 fully saturated rings. The number of hydrogen-bond acceptors (Lipinski definition) is 4. The molecule has 138 valence electrons. The molecule has 0 amide bonds. The van der Waals surface area contributed by atoms with Crippen LogP contribution in [0.25, 0.3) is 0 Å². The van der Waals surface area contributed by atoms with E-state index in [1.54, 1.807) is 7.11 Å². The summed E-state index contributed by atoms with van der Waals surface area (Å²) in [6, 6.07) is 0. The summed E-state index contributed by atoms with van der Waals surface area (Å²) in [6.07, 6.45) is 3.77. The van der Waals surface area contributed by atoms with Crippen molar-refractivity contribution < 1.29 is 19.0 Å². The molecule has 1 N–H and O–H groups in total. The van der Waals surface area contributed by atoms with E-state index in [4.69, 9.17) is 13.9 Å². The van der Waals surface area contributed by atoms with Crippen molar-refractivity contribution in [2.24, 2.45) is 23.2 Å². The highest BCUT2D eigenvalue weighted by molar-refractivity contribution is 6.74. The Bertz CT molecular complexity index is 540. The Labute approximate surface area is 147 Å². The lowest BCUT2D eigenvalue weighted by atomic mass is 9.51. The molecular formula is C19H34O4Si. The van der Waals surface area contributed by atoms with E-state index >= 15 is 0 Å². The number of aliphatic hydroxyl groups excluding tert-OH is 1. The van der Waals surface area contributed by atoms with Crippen LogP contribution in [0.15, 0.2) is 12.2 Å². The van der Waals surface area contributed by atoms with E-state index in [2.05, 4.69) is 52.9 Å². The number of hydrogen-bond donors (Lipinski definition) is 1. The average Bonchev–Trinajstić information content (AvgIpc) is 2.83. The summed E-state index contributed by atoms with van der Waals surface area (Å²) >= 11 is 0. The zero-order chi connectivity index (χ0) is 18.1. The maximum absolute atomic E-state index is 11.3. The zero-order valence-corrected chi connectivity index (χ0v) is 17.4. The lowest BCUT2D eigenvalue weighted by molar-refractivity contribution is -0.241. The van der Waals surface area contributed by atoms with Crippen molar-refractivity contribution >= 4 is 8.32 Å². The molecule has 0 aromatic heterocycles. The van der Waals surface area contributed by atoms with Crippen LogP contribution in [0, 0.1) is 23.2 Å². The summed E-state index contributed by atoms with van der Waals surface area (Å²) in [5.41, 5.74) is -0.381. The van der Waals surface area contributed by atoms with Gasteiger partial charge < -0.3 is 19.0 Å². The lowest BCUT2D eigenvalue weighted by Crippen LogP contribution is -2.65. The largest absolute Gasteiger partial charge is 0.411 e. The Hall–Kier alpha value is -0.203. The summed E-state index contributed by atoms with van der Waals surface area (Å²) in [5, 5.41) is 11.4. The minimum Gasteiger partial charge on any atom is -0.411 e. The molecule has 24 heavy (non-hydrogen) atoms. The first-order valence-corrected chi connectivity index (χ1v) is 12.0. The smallest absolute Gasteiger partial charge is 0.192 e. The molecule has 1 aliphatic heterocycles. The number of rotatable bonds is 3. The third-order valence-corrected chi connectivity index (χ3v) is 11.8. The Morgan fingerprint density at radius 3 is 2.42 bits per heavy atom. The molecule has 1 saturated heterocycles. The molecule has 4 nitrogen and oxygen atoms in total. The summed E-state index contributed by atoms with van der Waals surface area (Å²) < 4.78 is 18.5. The van der Waals surface area contributed by atoms with Crippen LogP contribution in [0.1, 0.15) is 34.6 Å². The predicted octanol–water partition coefficient (Wildman–Crippen LogP) is 3.57. The summed E-state index contributed by atoms with van der Waals surface area (Å²) in [4.78, 5) is 0. The van der Waals surface area contributed by atoms with Crippen LogP contribution < -0.4 is 0 Å². The number of aliphatic hydroxyl groups is 1. The van der Waals surface area contributed by atoms with Gasteiger partial charge in [0.05, 0.1) is 18.8 Å². The van der Waals surface area contributed by atoms with Crippen LogP contribution in [0.4, 0.5) is 0 Å². The maximum Gasteiger partial charge on any atom is 0.192 e. The quantitative estimate of drug-likeness (QED) is 0.622. The van der Waals surface area contributed by atoms with Crippen molar-refractivity contribution in [1.29, 1.82) is 0 Å². The number of methoxy groups -OCH3 is 1. The normalized spacial score (nSPS) is 48.0. The first-order valence-electron chi connectivity index (χ1n) is 9.12. The van der Waals surface area contributed by atoms with Gasteiger partial charge in [0.2, 0.25) is 0 Å². The molecule has 7 atom stereocenters. The van der Waals surface area contributed by atoms with Gasteiger partial charge in [0.1, 0.15) is 0 Å². The van der Waals surface area contributed by atoms with Crippen LogP contribution >= 0.6 is 0 Å². The van der Waals surface area contributed by atoms with Crippen LogP contribution in [0.5, 0.6) is 0 Å². The van der Waals surface area contributed by atoms with E-state index in [1.165, 1.54) is 0 Å². The first kappa shape index (κ1) is 18.6. The van der Waals surface area contributed by atoms with Gasteiger partial charge in [0.25, 0.3) is 0 Å². The van der Waals surface area contributed by atoms with Gasteiger partial charge in [-0.2, -0.15) is 0 Å². The highest BCUT2D eigenvalue weighted by Crippen LogP contribution is 2.61. The molecule has 0 aromatic rings. The molecule has 0 unspecified atom stereocenters. The molecular weight excluding hydrogens is 320 g/mol. The van der Waals surface area contributed by atoms with Gasteiger partial charge in [-0.1, -0.05) is 39.8 Å². The molecule has 1 heterocycles. The van der Waals surface area contributed by atoms with Gasteiger partial charge in [0, 0.05) is 30.3 Å². The van der Waals surface area contributed by atoms with Crippen LogP contribution in [-0.4, -0.2) is 45.1 Å². The van der Waals surface area contributed by atoms with E-state index in [0.29, 0.717) is 12.5 Å². The molecule has 0 radical (unpaired) electrons. The van der Waals surface area contributed by atoms with E-state index < -0.39 is 20.2 Å². The summed E-state index contributed by atoms with van der Waals surface area (Å²) in [5.74, 6) is 0.0473. The van der Waals surface area contributed by atoms with Crippen molar-refractivity contribution in [3.63, 3.8) is 0 Å². The van der Waals surface area contributed by atoms with Crippen LogP contribution in [0.3, 0.4) is 0 Å². The van der Waals surface area contributed by atoms with E-state index in [0.717, 1.165) is 0 Å². The summed E-state index contributed by atoms with van der Waals surface area (Å²) in [7, 11) is -0.256. The molecule has 0 spiro atoms. The van der Waals surface area contributed by atoms with Crippen LogP contribution in [-0.2, 0) is 13.9 Å². The standard InChI is InChI=1S/C19H34O4Si/c1-17(2,3)24(7,8)23-14-12-9-10-18(4,16(14)20)15-13(12)11-22-19(15,5)21-6/h9-10,12-16,20H,11H2,1-8H3/t12-,13+,14+,15+,16+,18+,19+/m1/s1. The van der Waals surface area contributed by atoms with Gasteiger partial charge in [-0.3, -0.25) is 0 Å². The zero-order valence-electron chi connectivity index (χ0n) is 16.4. The third-order valence-electron chi connectivity index (χ3n) is 7.37. The molecule has 4 rings (SSSR count). The molecule has 1 saturated carbocycles. The second-order valence-electron chi connectivity index (χ2n) is 9.76. The van der Waals surface area contributed by atoms with Crippen molar-refractivity contribution in [3.8, 4) is 0 Å². The SMILES string of the molecule is CO[C@@]1(C)OC[C@H]2[C@H]3C=C[C@@](C)([C@H]21)[C@@H](O)[C@H]3O[Si](C)(C)C(C)(C)C. The molecule has 2 bridgehead atoms. The van der Waals surface area contributed by atoms with Gasteiger partial charge in [0.15, 0.2) is 14.1 Å². The lowest BCUT2D eigenvalue weighted by Gasteiger charge is -2.58. The summed E-state index contributed by atoms with van der Waals surface area (Å²) in [6.45, 7) is 16.1. The predicted molar refractivity (Wildman–Crippen MR) is 97.2 cm³/mol. The Morgan fingerprint density at radius 1 is 1.25 bits per heavy atom. The highest BCUT2D eigenvalue weighted by Gasteiger charge is 2.67. The topological polar surface area (TPSA) is 47.9 Å². The Kier molecular flexibility index (Phi) is 4.18. The minimum absolute atomic E-state index is 0.126. The fourth-order valence-corrected chi connectivity index (χ4v) is 6.13. The van der Waals surface area contributed by atoms with Crippen molar-refractivity contribution in [1.82, 2.24) is 0 Å². The second kappa shape index (κ2) is 5.40. The fourth-order valence-electron chi connectivity index (χ4n) is 4.81. The highest BCUT2D eigenvalue weighted by atomic mass is 28.4. The van der Waals surface area contributed by atoms with Crippen LogP contribution in [0.2, 0.25) is 18.1 Å². The van der Waals surface area contributed by atoms with Gasteiger partial charge in [-0.15, -0.1) is 0 Å². The Balaban J connectivity index is 1.95. The number of ether oxygens (including phenoxy) is 2. The van der Waals surface area contributed by atoms with Gasteiger partial charge in [-0.25, -0.2) is 0 Å². The van der Waals surface area contributed by atoms with Gasteiger partial charge in [-0.05, 0) is 25.1 Å². The molecule has 0 aromatic carbocycles. The average molecular weight is 355 g/mol. The first-order chi connectivity index (χ1) is 10.9. The molecule has 4 aliphatic rings. The maximum atomic E-state index is 11.3. The minimum atomic E-state index is -1.96. The second-order valence-corrected chi connectivity index (χ2v) is 14.5. The number of fused-ring (bicyclic) bond motifs is 1. The van der Waals surface area contributed by atoms with Crippen molar-refractivity contribution in [2.75, 3.05) is 13.7 Å². The monoisotopic (exact) mass is 354 g/mol. The molecule has 5 heteroatoms. The third kappa shape index (κ3) is 2.39. The van der Waals surface area contributed by atoms with E-state index in [9.17, 15) is 5.11 Å². The Morgan fingerprint density at radius 2 is 1.88 bits per heavy atom. The molecule has 3 aliphatic carbocycles. The van der Waals surface area contributed by atoms with E-state index in [-0.39, 0.29) is 28.4 Å².